The quantitative estimate of drug-likeness (QED) is 0.830. The monoisotopic (exact) mass is 379 g/mol. The molecule has 0 aliphatic carbocycles. The highest BCUT2D eigenvalue weighted by atomic mass is 16.3. The maximum Gasteiger partial charge on any atom is 0.223 e. The van der Waals surface area contributed by atoms with Gasteiger partial charge in [-0.1, -0.05) is 12.1 Å². The average molecular weight is 379 g/mol. The Balaban J connectivity index is 1.72. The van der Waals surface area contributed by atoms with E-state index in [0.717, 1.165) is 36.7 Å². The molecule has 3 heterocycles. The van der Waals surface area contributed by atoms with Crippen LogP contribution >= 0.6 is 0 Å². The predicted octanol–water partition coefficient (Wildman–Crippen LogP) is 2.75. The summed E-state index contributed by atoms with van der Waals surface area (Å²) in [5.74, 6) is 1.97. The molecule has 0 bridgehead atoms. The molecule has 0 spiro atoms. The van der Waals surface area contributed by atoms with Crippen molar-refractivity contribution in [2.75, 3.05) is 24.5 Å². The topological polar surface area (TPSA) is 81.9 Å². The van der Waals surface area contributed by atoms with Crippen molar-refractivity contribution < 1.29 is 9.90 Å². The second-order valence-electron chi connectivity index (χ2n) is 7.47. The van der Waals surface area contributed by atoms with E-state index in [2.05, 4.69) is 9.88 Å². The van der Waals surface area contributed by atoms with Crippen molar-refractivity contribution in [1.29, 1.82) is 0 Å². The number of aliphatic imine (C=N–C) groups is 1. The van der Waals surface area contributed by atoms with E-state index >= 15 is 0 Å². The van der Waals surface area contributed by atoms with E-state index in [4.69, 9.17) is 9.98 Å². The van der Waals surface area contributed by atoms with Gasteiger partial charge in [-0.05, 0) is 39.3 Å². The first-order valence-corrected chi connectivity index (χ1v) is 9.67. The molecular weight excluding hydrogens is 354 g/mol. The third-order valence-corrected chi connectivity index (χ3v) is 5.52. The third-order valence-electron chi connectivity index (χ3n) is 5.52. The molecule has 0 saturated carbocycles. The number of carbonyl (C=O) groups is 1. The first-order valence-electron chi connectivity index (χ1n) is 9.67. The Morgan fingerprint density at radius 1 is 1.21 bits per heavy atom. The summed E-state index contributed by atoms with van der Waals surface area (Å²) >= 11 is 0. The number of hydrogen-bond donors (Lipinski definition) is 1. The number of hydrogen-bond acceptors (Lipinski definition) is 6. The summed E-state index contributed by atoms with van der Waals surface area (Å²) in [5.41, 5.74) is 2.94. The minimum absolute atomic E-state index is 0.203. The Morgan fingerprint density at radius 2 is 2.00 bits per heavy atom. The van der Waals surface area contributed by atoms with Crippen LogP contribution in [0.1, 0.15) is 36.8 Å². The fourth-order valence-corrected chi connectivity index (χ4v) is 4.10. The molecule has 2 fully saturated rings. The van der Waals surface area contributed by atoms with Gasteiger partial charge in [0.25, 0.3) is 0 Å². The molecule has 1 amide bonds. The molecule has 2 saturated heterocycles. The lowest BCUT2D eigenvalue weighted by Gasteiger charge is -2.38. The fourth-order valence-electron chi connectivity index (χ4n) is 4.10. The third kappa shape index (κ3) is 3.32. The van der Waals surface area contributed by atoms with E-state index in [-0.39, 0.29) is 17.7 Å². The van der Waals surface area contributed by atoms with Crippen LogP contribution in [0.4, 0.5) is 11.5 Å². The number of anilines is 1. The van der Waals surface area contributed by atoms with Crippen molar-refractivity contribution in [1.82, 2.24) is 14.9 Å². The van der Waals surface area contributed by atoms with Crippen LogP contribution in [0.15, 0.2) is 29.3 Å². The molecule has 28 heavy (non-hydrogen) atoms. The molecule has 7 heteroatoms. The van der Waals surface area contributed by atoms with E-state index in [1.54, 1.807) is 12.1 Å². The number of amides is 1. The van der Waals surface area contributed by atoms with Crippen molar-refractivity contribution in [2.45, 2.75) is 39.7 Å². The lowest BCUT2D eigenvalue weighted by atomic mass is 10.1. The molecule has 1 atom stereocenters. The Morgan fingerprint density at radius 3 is 2.79 bits per heavy atom. The molecule has 7 nitrogen and oxygen atoms in total. The number of phenolic OH excluding ortho intramolecular Hbond substituents is 1. The summed E-state index contributed by atoms with van der Waals surface area (Å²) in [6, 6.07) is 7.42. The van der Waals surface area contributed by atoms with Crippen LogP contribution in [0.5, 0.6) is 5.75 Å². The number of phenols is 1. The SMILES string of the molecule is CC(=Nc1c(C)nc(C)nc1N1CCN2C(=O)CCC2C1)c1ccccc1O. The van der Waals surface area contributed by atoms with Crippen molar-refractivity contribution in [3.8, 4) is 5.75 Å². The molecule has 0 radical (unpaired) electrons. The smallest absolute Gasteiger partial charge is 0.223 e. The first-order chi connectivity index (χ1) is 13.4. The van der Waals surface area contributed by atoms with Gasteiger partial charge in [-0.3, -0.25) is 4.79 Å². The number of aromatic nitrogens is 2. The van der Waals surface area contributed by atoms with Gasteiger partial charge in [-0.25, -0.2) is 15.0 Å². The molecule has 146 valence electrons. The minimum atomic E-state index is 0.203. The number of rotatable bonds is 3. The highest BCUT2D eigenvalue weighted by molar-refractivity contribution is 6.03. The van der Waals surface area contributed by atoms with Crippen molar-refractivity contribution in [3.63, 3.8) is 0 Å². The van der Waals surface area contributed by atoms with E-state index in [1.165, 1.54) is 0 Å². The van der Waals surface area contributed by atoms with Crippen molar-refractivity contribution in [2.24, 2.45) is 4.99 Å². The number of piperazine rings is 1. The van der Waals surface area contributed by atoms with Gasteiger partial charge < -0.3 is 14.9 Å². The van der Waals surface area contributed by atoms with Gasteiger partial charge >= 0.3 is 0 Å². The molecule has 1 N–H and O–H groups in total. The van der Waals surface area contributed by atoms with Gasteiger partial charge in [0.1, 0.15) is 17.3 Å². The number of aromatic hydroxyl groups is 1. The summed E-state index contributed by atoms with van der Waals surface area (Å²) in [4.78, 5) is 30.2. The van der Waals surface area contributed by atoms with Gasteiger partial charge in [-0.2, -0.15) is 0 Å². The molecule has 2 aliphatic rings. The molecule has 1 unspecified atom stereocenters. The van der Waals surface area contributed by atoms with Crippen LogP contribution in [0.3, 0.4) is 0 Å². The fraction of sp³-hybridized carbons (Fsp3) is 0.429. The van der Waals surface area contributed by atoms with Gasteiger partial charge in [0, 0.05) is 43.4 Å². The van der Waals surface area contributed by atoms with E-state index in [0.29, 0.717) is 30.1 Å². The number of fused-ring (bicyclic) bond motifs is 1. The van der Waals surface area contributed by atoms with Crippen LogP contribution in [0, 0.1) is 13.8 Å². The van der Waals surface area contributed by atoms with Gasteiger partial charge in [-0.15, -0.1) is 0 Å². The summed E-state index contributed by atoms with van der Waals surface area (Å²) in [6.07, 6.45) is 1.53. The predicted molar refractivity (Wildman–Crippen MR) is 108 cm³/mol. The number of para-hydroxylation sites is 1. The van der Waals surface area contributed by atoms with E-state index in [9.17, 15) is 9.90 Å². The second kappa shape index (κ2) is 7.22. The molecule has 2 aliphatic heterocycles. The van der Waals surface area contributed by atoms with E-state index in [1.807, 2.05) is 37.8 Å². The summed E-state index contributed by atoms with van der Waals surface area (Å²) in [6.45, 7) is 7.91. The van der Waals surface area contributed by atoms with Crippen molar-refractivity contribution in [3.05, 3.63) is 41.3 Å². The molecule has 1 aromatic carbocycles. The number of carbonyl (C=O) groups excluding carboxylic acids is 1. The first kappa shape index (κ1) is 18.4. The largest absolute Gasteiger partial charge is 0.507 e. The van der Waals surface area contributed by atoms with Crippen LogP contribution in [0.25, 0.3) is 0 Å². The molecule has 4 rings (SSSR count). The number of aryl methyl sites for hydroxylation is 2. The number of benzene rings is 1. The molecular formula is C21H25N5O2. The zero-order valence-corrected chi connectivity index (χ0v) is 16.5. The van der Waals surface area contributed by atoms with Gasteiger partial charge in [0.15, 0.2) is 5.82 Å². The second-order valence-corrected chi connectivity index (χ2v) is 7.47. The minimum Gasteiger partial charge on any atom is -0.507 e. The van der Waals surface area contributed by atoms with Gasteiger partial charge in [0.05, 0.1) is 5.69 Å². The highest BCUT2D eigenvalue weighted by Crippen LogP contribution is 2.34. The average Bonchev–Trinajstić information content (AvgIpc) is 3.04. The zero-order chi connectivity index (χ0) is 19.8. The highest BCUT2D eigenvalue weighted by Gasteiger charge is 2.36. The van der Waals surface area contributed by atoms with Crippen molar-refractivity contribution >= 4 is 23.1 Å². The molecule has 1 aromatic heterocycles. The lowest BCUT2D eigenvalue weighted by molar-refractivity contribution is -0.129. The Kier molecular flexibility index (Phi) is 4.75. The maximum absolute atomic E-state index is 12.0. The van der Waals surface area contributed by atoms with Crippen LogP contribution < -0.4 is 4.90 Å². The summed E-state index contributed by atoms with van der Waals surface area (Å²) in [5, 5.41) is 10.2. The zero-order valence-electron chi connectivity index (χ0n) is 16.5. The Labute approximate surface area is 164 Å². The van der Waals surface area contributed by atoms with Crippen LogP contribution in [-0.2, 0) is 4.79 Å². The lowest BCUT2D eigenvalue weighted by Crippen LogP contribution is -2.51. The van der Waals surface area contributed by atoms with Gasteiger partial charge in [0.2, 0.25) is 5.91 Å². The van der Waals surface area contributed by atoms with Crippen LogP contribution in [-0.4, -0.2) is 57.3 Å². The Hall–Kier alpha value is -2.96. The molecule has 2 aromatic rings. The maximum atomic E-state index is 12.0. The standard InChI is InChI=1S/C21H25N5O2/c1-13(17-6-4-5-7-18(17)27)23-20-14(2)22-15(3)24-21(20)25-10-11-26-16(12-25)8-9-19(26)28/h4-7,16,27H,8-12H2,1-3H3. The number of nitrogens with zero attached hydrogens (tertiary/aromatic N) is 5. The summed E-state index contributed by atoms with van der Waals surface area (Å²) < 4.78 is 0. The summed E-state index contributed by atoms with van der Waals surface area (Å²) in [7, 11) is 0. The van der Waals surface area contributed by atoms with E-state index < -0.39 is 0 Å². The normalized spacial score (nSPS) is 19.9. The van der Waals surface area contributed by atoms with Crippen LogP contribution in [0.2, 0.25) is 0 Å². The Bertz CT molecular complexity index is 956.